The molecule has 0 radical (unpaired) electrons. The molecule has 1 aliphatic rings. The van der Waals surface area contributed by atoms with E-state index in [0.29, 0.717) is 24.5 Å². The molecule has 3 unspecified atom stereocenters. The lowest BCUT2D eigenvalue weighted by Crippen LogP contribution is -2.45. The minimum atomic E-state index is -0.508. The first-order chi connectivity index (χ1) is 11.0. The van der Waals surface area contributed by atoms with Crippen molar-refractivity contribution in [3.05, 3.63) is 23.8 Å². The van der Waals surface area contributed by atoms with Gasteiger partial charge in [0.15, 0.2) is 0 Å². The SMILES string of the molecule is CCCOc1ccc(C(O)CCN2CC(C)OC(C)C2)cc1N. The van der Waals surface area contributed by atoms with Gasteiger partial charge in [-0.1, -0.05) is 13.0 Å². The standard InChI is InChI=1S/C18H30N2O3/c1-4-9-22-18-6-5-15(10-16(18)19)17(21)7-8-20-11-13(2)23-14(3)12-20/h5-6,10,13-14,17,21H,4,7-9,11-12,19H2,1-3H3. The third-order valence-electron chi connectivity index (χ3n) is 4.09. The monoisotopic (exact) mass is 322 g/mol. The number of rotatable bonds is 7. The average molecular weight is 322 g/mol. The van der Waals surface area contributed by atoms with Gasteiger partial charge in [0.25, 0.3) is 0 Å². The maximum Gasteiger partial charge on any atom is 0.142 e. The molecule has 23 heavy (non-hydrogen) atoms. The van der Waals surface area contributed by atoms with Crippen LogP contribution in [0.4, 0.5) is 5.69 Å². The van der Waals surface area contributed by atoms with Crippen molar-refractivity contribution in [1.29, 1.82) is 0 Å². The van der Waals surface area contributed by atoms with E-state index in [0.717, 1.165) is 31.6 Å². The number of hydrogen-bond acceptors (Lipinski definition) is 5. The fraction of sp³-hybridized carbons (Fsp3) is 0.667. The molecule has 130 valence electrons. The van der Waals surface area contributed by atoms with E-state index in [4.69, 9.17) is 15.2 Å². The highest BCUT2D eigenvalue weighted by atomic mass is 16.5. The molecular weight excluding hydrogens is 292 g/mol. The van der Waals surface area contributed by atoms with E-state index in [-0.39, 0.29) is 12.2 Å². The molecule has 1 saturated heterocycles. The van der Waals surface area contributed by atoms with E-state index >= 15 is 0 Å². The van der Waals surface area contributed by atoms with Gasteiger partial charge in [0.1, 0.15) is 5.75 Å². The van der Waals surface area contributed by atoms with Crippen molar-refractivity contribution >= 4 is 5.69 Å². The van der Waals surface area contributed by atoms with E-state index in [9.17, 15) is 5.11 Å². The molecule has 0 spiro atoms. The summed E-state index contributed by atoms with van der Waals surface area (Å²) in [5.74, 6) is 0.693. The van der Waals surface area contributed by atoms with Crippen molar-refractivity contribution in [2.75, 3.05) is 32.0 Å². The van der Waals surface area contributed by atoms with E-state index in [1.54, 1.807) is 0 Å². The van der Waals surface area contributed by atoms with Crippen LogP contribution in [-0.2, 0) is 4.74 Å². The second-order valence-electron chi connectivity index (χ2n) is 6.47. The van der Waals surface area contributed by atoms with Crippen molar-refractivity contribution in [2.24, 2.45) is 0 Å². The molecule has 5 nitrogen and oxygen atoms in total. The number of nitrogen functional groups attached to an aromatic ring is 1. The summed E-state index contributed by atoms with van der Waals surface area (Å²) in [7, 11) is 0. The zero-order valence-electron chi connectivity index (χ0n) is 14.5. The number of hydrogen-bond donors (Lipinski definition) is 2. The Balaban J connectivity index is 1.87. The van der Waals surface area contributed by atoms with E-state index in [1.165, 1.54) is 0 Å². The third-order valence-corrected chi connectivity index (χ3v) is 4.09. The largest absolute Gasteiger partial charge is 0.491 e. The Labute approximate surface area is 139 Å². The molecule has 0 bridgehead atoms. The van der Waals surface area contributed by atoms with Crippen LogP contribution in [0.25, 0.3) is 0 Å². The van der Waals surface area contributed by atoms with Gasteiger partial charge in [-0.05, 0) is 44.4 Å². The van der Waals surface area contributed by atoms with Crippen LogP contribution in [0.5, 0.6) is 5.75 Å². The van der Waals surface area contributed by atoms with Crippen LogP contribution in [-0.4, -0.2) is 48.5 Å². The number of nitrogens with two attached hydrogens (primary N) is 1. The van der Waals surface area contributed by atoms with Gasteiger partial charge in [0, 0.05) is 19.6 Å². The van der Waals surface area contributed by atoms with Gasteiger partial charge in [-0.25, -0.2) is 0 Å². The fourth-order valence-corrected chi connectivity index (χ4v) is 3.06. The van der Waals surface area contributed by atoms with Crippen molar-refractivity contribution in [3.8, 4) is 5.75 Å². The smallest absolute Gasteiger partial charge is 0.142 e. The zero-order valence-corrected chi connectivity index (χ0v) is 14.5. The van der Waals surface area contributed by atoms with Crippen LogP contribution >= 0.6 is 0 Å². The lowest BCUT2D eigenvalue weighted by Gasteiger charge is -2.35. The Kier molecular flexibility index (Phi) is 6.69. The van der Waals surface area contributed by atoms with Crippen LogP contribution in [0, 0.1) is 0 Å². The van der Waals surface area contributed by atoms with Gasteiger partial charge in [0.05, 0.1) is 30.6 Å². The summed E-state index contributed by atoms with van der Waals surface area (Å²) in [5, 5.41) is 10.4. The molecule has 0 aromatic heterocycles. The summed E-state index contributed by atoms with van der Waals surface area (Å²) < 4.78 is 11.3. The second-order valence-corrected chi connectivity index (χ2v) is 6.47. The van der Waals surface area contributed by atoms with E-state index < -0.39 is 6.10 Å². The van der Waals surface area contributed by atoms with Crippen LogP contribution in [0.15, 0.2) is 18.2 Å². The first-order valence-corrected chi connectivity index (χ1v) is 8.57. The van der Waals surface area contributed by atoms with Gasteiger partial charge >= 0.3 is 0 Å². The second kappa shape index (κ2) is 8.52. The van der Waals surface area contributed by atoms with E-state index in [2.05, 4.69) is 25.7 Å². The van der Waals surface area contributed by atoms with Crippen molar-refractivity contribution in [3.63, 3.8) is 0 Å². The number of benzene rings is 1. The number of aliphatic hydroxyl groups excluding tert-OH is 1. The molecular formula is C18H30N2O3. The quantitative estimate of drug-likeness (QED) is 0.755. The Hall–Kier alpha value is -1.30. The number of aliphatic hydroxyl groups is 1. The lowest BCUT2D eigenvalue weighted by molar-refractivity contribution is -0.0702. The highest BCUT2D eigenvalue weighted by Gasteiger charge is 2.22. The fourth-order valence-electron chi connectivity index (χ4n) is 3.06. The number of morpholine rings is 1. The molecule has 1 aromatic carbocycles. The molecule has 0 aliphatic carbocycles. The summed E-state index contributed by atoms with van der Waals surface area (Å²) in [6, 6.07) is 5.57. The summed E-state index contributed by atoms with van der Waals surface area (Å²) in [6.45, 7) is 9.59. The molecule has 1 fully saturated rings. The first-order valence-electron chi connectivity index (χ1n) is 8.57. The molecule has 0 amide bonds. The maximum atomic E-state index is 10.4. The van der Waals surface area contributed by atoms with E-state index in [1.807, 2.05) is 18.2 Å². The number of ether oxygens (including phenoxy) is 2. The topological polar surface area (TPSA) is 68.0 Å². The van der Waals surface area contributed by atoms with Crippen molar-refractivity contribution < 1.29 is 14.6 Å². The number of anilines is 1. The molecule has 3 atom stereocenters. The molecule has 3 N–H and O–H groups in total. The average Bonchev–Trinajstić information content (AvgIpc) is 2.50. The number of nitrogens with zero attached hydrogens (tertiary/aromatic N) is 1. The molecule has 1 aromatic rings. The third kappa shape index (κ3) is 5.37. The summed E-state index contributed by atoms with van der Waals surface area (Å²) >= 11 is 0. The van der Waals surface area contributed by atoms with Crippen LogP contribution in [0.2, 0.25) is 0 Å². The highest BCUT2D eigenvalue weighted by molar-refractivity contribution is 5.54. The van der Waals surface area contributed by atoms with Gasteiger partial charge in [-0.3, -0.25) is 4.90 Å². The van der Waals surface area contributed by atoms with Gasteiger partial charge in [0.2, 0.25) is 0 Å². The Bertz CT molecular complexity index is 485. The molecule has 2 rings (SSSR count). The highest BCUT2D eigenvalue weighted by Crippen LogP contribution is 2.27. The summed E-state index contributed by atoms with van der Waals surface area (Å²) in [5.41, 5.74) is 7.45. The van der Waals surface area contributed by atoms with Crippen molar-refractivity contribution in [2.45, 2.75) is 51.9 Å². The molecule has 5 heteroatoms. The summed E-state index contributed by atoms with van der Waals surface area (Å²) in [6.07, 6.45) is 1.63. The van der Waals surface area contributed by atoms with Gasteiger partial charge < -0.3 is 20.3 Å². The Morgan fingerprint density at radius 2 is 2.04 bits per heavy atom. The first kappa shape index (κ1) is 18.0. The lowest BCUT2D eigenvalue weighted by atomic mass is 10.0. The maximum absolute atomic E-state index is 10.4. The van der Waals surface area contributed by atoms with Gasteiger partial charge in [-0.2, -0.15) is 0 Å². The minimum absolute atomic E-state index is 0.251. The van der Waals surface area contributed by atoms with Crippen molar-refractivity contribution in [1.82, 2.24) is 4.90 Å². The normalized spacial score (nSPS) is 23.7. The minimum Gasteiger partial charge on any atom is -0.491 e. The molecule has 1 aliphatic heterocycles. The van der Waals surface area contributed by atoms with Crippen LogP contribution in [0.3, 0.4) is 0 Å². The summed E-state index contributed by atoms with van der Waals surface area (Å²) in [4.78, 5) is 2.35. The molecule has 1 heterocycles. The predicted molar refractivity (Wildman–Crippen MR) is 92.7 cm³/mol. The van der Waals surface area contributed by atoms with Crippen LogP contribution in [0.1, 0.15) is 45.3 Å². The predicted octanol–water partition coefficient (Wildman–Crippen LogP) is 2.59. The Morgan fingerprint density at radius 1 is 1.35 bits per heavy atom. The zero-order chi connectivity index (χ0) is 16.8. The molecule has 0 saturated carbocycles. The Morgan fingerprint density at radius 3 is 2.65 bits per heavy atom. The van der Waals surface area contributed by atoms with Crippen LogP contribution < -0.4 is 10.5 Å². The van der Waals surface area contributed by atoms with Gasteiger partial charge in [-0.15, -0.1) is 0 Å².